The van der Waals surface area contributed by atoms with Crippen LogP contribution >= 0.6 is 0 Å². The molecule has 3 heterocycles. The summed E-state index contributed by atoms with van der Waals surface area (Å²) in [5.74, 6) is -1.55. The molecule has 1 aromatic carbocycles. The van der Waals surface area contributed by atoms with Gasteiger partial charge < -0.3 is 0 Å². The van der Waals surface area contributed by atoms with E-state index < -0.39 is 23.4 Å². The quantitative estimate of drug-likeness (QED) is 0.503. The summed E-state index contributed by atoms with van der Waals surface area (Å²) in [5.41, 5.74) is -1.83. The number of nitrogens with zero attached hydrogens (tertiary/aromatic N) is 4. The fourth-order valence-corrected chi connectivity index (χ4v) is 2.82. The number of aromatic nitrogens is 4. The Labute approximate surface area is 149 Å². The summed E-state index contributed by atoms with van der Waals surface area (Å²) in [6.07, 6.45) is 1.80. The van der Waals surface area contributed by atoms with Gasteiger partial charge in [-0.25, -0.2) is 14.2 Å². The summed E-state index contributed by atoms with van der Waals surface area (Å²) >= 11 is 0. The third-order valence-electron chi connectivity index (χ3n) is 4.06. The number of pyridine rings is 2. The Morgan fingerprint density at radius 1 is 0.963 bits per heavy atom. The maximum Gasteiger partial charge on any atom is 0.436 e. The maximum absolute atomic E-state index is 13.8. The summed E-state index contributed by atoms with van der Waals surface area (Å²) in [5, 5.41) is 1.58. The second-order valence-electron chi connectivity index (χ2n) is 5.72. The van der Waals surface area contributed by atoms with E-state index in [4.69, 9.17) is 0 Å². The van der Waals surface area contributed by atoms with E-state index in [-0.39, 0.29) is 5.69 Å². The van der Waals surface area contributed by atoms with Crippen molar-refractivity contribution in [3.05, 3.63) is 83.3 Å². The Balaban J connectivity index is 1.84. The van der Waals surface area contributed by atoms with Gasteiger partial charge in [-0.05, 0) is 0 Å². The molecular formula is C18H10F4N4O. The highest BCUT2D eigenvalue weighted by molar-refractivity contribution is 5.89. The van der Waals surface area contributed by atoms with Crippen molar-refractivity contribution in [1.82, 2.24) is 19.1 Å². The number of alkyl halides is 3. The third kappa shape index (κ3) is 2.86. The normalized spacial score (nSPS) is 11.9. The summed E-state index contributed by atoms with van der Waals surface area (Å²) < 4.78 is 54.0. The van der Waals surface area contributed by atoms with Gasteiger partial charge in [-0.1, -0.05) is 24.3 Å². The lowest BCUT2D eigenvalue weighted by Crippen LogP contribution is -2.22. The minimum atomic E-state index is -4.91. The van der Waals surface area contributed by atoms with E-state index >= 15 is 0 Å². The number of benzene rings is 1. The molecule has 4 aromatic rings. The molecule has 5 nitrogen and oxygen atoms in total. The minimum Gasteiger partial charge on any atom is -0.266 e. The highest BCUT2D eigenvalue weighted by atomic mass is 19.4. The van der Waals surface area contributed by atoms with Crippen LogP contribution < -0.4 is 5.69 Å². The number of imidazole rings is 1. The molecule has 3 aromatic heterocycles. The van der Waals surface area contributed by atoms with E-state index in [1.165, 1.54) is 23.2 Å². The molecular weight excluding hydrogens is 364 g/mol. The summed E-state index contributed by atoms with van der Waals surface area (Å²) in [7, 11) is 0. The van der Waals surface area contributed by atoms with E-state index in [0.29, 0.717) is 11.8 Å². The number of hydrogen-bond acceptors (Lipinski definition) is 3. The first-order chi connectivity index (χ1) is 12.9. The van der Waals surface area contributed by atoms with E-state index in [2.05, 4.69) is 9.97 Å². The molecule has 0 spiro atoms. The molecule has 4 rings (SSSR count). The SMILES string of the molecule is O=c1n(-c2cnc(C(F)(F)F)c(F)c2)ccn1-c1cncc2ccccc12. The maximum atomic E-state index is 13.8. The average Bonchev–Trinajstić information content (AvgIpc) is 3.01. The highest BCUT2D eigenvalue weighted by Gasteiger charge is 2.36. The van der Waals surface area contributed by atoms with Gasteiger partial charge in [0.2, 0.25) is 0 Å². The average molecular weight is 374 g/mol. The van der Waals surface area contributed by atoms with Gasteiger partial charge in [0.1, 0.15) is 0 Å². The monoisotopic (exact) mass is 374 g/mol. The highest BCUT2D eigenvalue weighted by Crippen LogP contribution is 2.30. The van der Waals surface area contributed by atoms with Crippen molar-refractivity contribution in [3.63, 3.8) is 0 Å². The van der Waals surface area contributed by atoms with E-state index in [9.17, 15) is 22.4 Å². The molecule has 0 saturated heterocycles. The van der Waals surface area contributed by atoms with Crippen LogP contribution in [-0.2, 0) is 6.18 Å². The predicted octanol–water partition coefficient (Wildman–Crippen LogP) is 3.73. The van der Waals surface area contributed by atoms with Gasteiger partial charge in [0.25, 0.3) is 0 Å². The van der Waals surface area contributed by atoms with E-state index in [1.54, 1.807) is 6.20 Å². The lowest BCUT2D eigenvalue weighted by atomic mass is 10.1. The van der Waals surface area contributed by atoms with Gasteiger partial charge in [0.15, 0.2) is 11.5 Å². The zero-order chi connectivity index (χ0) is 19.2. The van der Waals surface area contributed by atoms with Crippen molar-refractivity contribution in [3.8, 4) is 11.4 Å². The molecule has 136 valence electrons. The molecule has 9 heteroatoms. The second-order valence-corrected chi connectivity index (χ2v) is 5.72. The fraction of sp³-hybridized carbons (Fsp3) is 0.0556. The van der Waals surface area contributed by atoms with Gasteiger partial charge in [0.05, 0.1) is 23.8 Å². The molecule has 0 bridgehead atoms. The van der Waals surface area contributed by atoms with Crippen LogP contribution in [0.5, 0.6) is 0 Å². The Bertz CT molecular complexity index is 1200. The minimum absolute atomic E-state index is 0.113. The van der Waals surface area contributed by atoms with Crippen molar-refractivity contribution in [1.29, 1.82) is 0 Å². The van der Waals surface area contributed by atoms with Gasteiger partial charge in [-0.3, -0.25) is 14.1 Å². The summed E-state index contributed by atoms with van der Waals surface area (Å²) in [6.45, 7) is 0. The molecule has 0 aliphatic heterocycles. The molecule has 0 saturated carbocycles. The first kappa shape index (κ1) is 17.0. The van der Waals surface area contributed by atoms with Gasteiger partial charge in [-0.2, -0.15) is 13.2 Å². The lowest BCUT2D eigenvalue weighted by Gasteiger charge is -2.08. The molecule has 0 aliphatic rings. The first-order valence-electron chi connectivity index (χ1n) is 7.72. The standard InChI is InChI=1S/C18H10F4N4O/c19-14-7-12(9-24-16(14)18(20,21)22)25-5-6-26(17(25)27)15-10-23-8-11-3-1-2-4-13(11)15/h1-10H. The Morgan fingerprint density at radius 2 is 1.70 bits per heavy atom. The molecule has 27 heavy (non-hydrogen) atoms. The first-order valence-corrected chi connectivity index (χ1v) is 7.72. The van der Waals surface area contributed by atoms with Crippen LogP contribution in [0.15, 0.2) is 66.1 Å². The molecule has 0 aliphatic carbocycles. The molecule has 0 fully saturated rings. The van der Waals surface area contributed by atoms with Crippen LogP contribution in [-0.4, -0.2) is 19.1 Å². The summed E-state index contributed by atoms with van der Waals surface area (Å²) in [6, 6.07) is 7.92. The Hall–Kier alpha value is -3.49. The third-order valence-corrected chi connectivity index (χ3v) is 4.06. The fourth-order valence-electron chi connectivity index (χ4n) is 2.82. The molecule has 0 unspecified atom stereocenters. The lowest BCUT2D eigenvalue weighted by molar-refractivity contribution is -0.143. The zero-order valence-electron chi connectivity index (χ0n) is 13.5. The van der Waals surface area contributed by atoms with E-state index in [0.717, 1.165) is 21.5 Å². The van der Waals surface area contributed by atoms with Gasteiger partial charge >= 0.3 is 11.9 Å². The Kier molecular flexibility index (Phi) is 3.79. The van der Waals surface area contributed by atoms with Gasteiger partial charge in [-0.15, -0.1) is 0 Å². The van der Waals surface area contributed by atoms with Crippen molar-refractivity contribution in [2.24, 2.45) is 0 Å². The topological polar surface area (TPSA) is 52.7 Å². The molecule has 0 N–H and O–H groups in total. The van der Waals surface area contributed by atoms with Gasteiger partial charge in [0, 0.05) is 35.4 Å². The van der Waals surface area contributed by atoms with Crippen LogP contribution in [0.4, 0.5) is 17.6 Å². The predicted molar refractivity (Wildman–Crippen MR) is 89.4 cm³/mol. The van der Waals surface area contributed by atoms with Crippen molar-refractivity contribution < 1.29 is 17.6 Å². The number of halogens is 4. The Morgan fingerprint density at radius 3 is 2.44 bits per heavy atom. The van der Waals surface area contributed by atoms with Crippen molar-refractivity contribution >= 4 is 10.8 Å². The van der Waals surface area contributed by atoms with Crippen LogP contribution in [0.3, 0.4) is 0 Å². The number of fused-ring (bicyclic) bond motifs is 1. The van der Waals surface area contributed by atoms with E-state index in [1.807, 2.05) is 24.3 Å². The van der Waals surface area contributed by atoms with Crippen molar-refractivity contribution in [2.75, 3.05) is 0 Å². The molecule has 0 atom stereocenters. The van der Waals surface area contributed by atoms with Crippen LogP contribution in [0.1, 0.15) is 5.69 Å². The molecule has 0 amide bonds. The number of rotatable bonds is 2. The van der Waals surface area contributed by atoms with Crippen LogP contribution in [0.2, 0.25) is 0 Å². The van der Waals surface area contributed by atoms with Crippen molar-refractivity contribution in [2.45, 2.75) is 6.18 Å². The largest absolute Gasteiger partial charge is 0.436 e. The summed E-state index contributed by atoms with van der Waals surface area (Å²) in [4.78, 5) is 19.9. The smallest absolute Gasteiger partial charge is 0.266 e. The molecule has 0 radical (unpaired) electrons. The second kappa shape index (κ2) is 6.04. The van der Waals surface area contributed by atoms with Crippen LogP contribution in [0.25, 0.3) is 22.1 Å². The number of hydrogen-bond donors (Lipinski definition) is 0. The van der Waals surface area contributed by atoms with Crippen LogP contribution in [0, 0.1) is 5.82 Å². The zero-order valence-corrected chi connectivity index (χ0v) is 13.5.